The zero-order chi connectivity index (χ0) is 23.5. The van der Waals surface area contributed by atoms with Gasteiger partial charge < -0.3 is 19.4 Å². The number of carbonyl (C=O) groups excluding carboxylic acids is 2. The molecule has 3 aromatic heterocycles. The molecule has 1 amide bonds. The molecule has 0 aliphatic heterocycles. The van der Waals surface area contributed by atoms with Crippen LogP contribution in [0.1, 0.15) is 40.5 Å². The third-order valence-corrected chi connectivity index (χ3v) is 4.52. The topological polar surface area (TPSA) is 95.3 Å². The van der Waals surface area contributed by atoms with E-state index in [-0.39, 0.29) is 40.5 Å². The predicted octanol–water partition coefficient (Wildman–Crippen LogP) is 3.90. The molecule has 170 valence electrons. The van der Waals surface area contributed by atoms with Crippen LogP contribution in [-0.2, 0) is 18.2 Å². The summed E-state index contributed by atoms with van der Waals surface area (Å²) in [5, 5.41) is 2.82. The Morgan fingerprint density at radius 2 is 1.97 bits per heavy atom. The molecule has 11 heteroatoms. The monoisotopic (exact) mass is 450 g/mol. The maximum atomic E-state index is 12.9. The molecule has 0 unspecified atom stereocenters. The Bertz CT molecular complexity index is 1140. The van der Waals surface area contributed by atoms with Crippen LogP contribution in [0.5, 0.6) is 5.75 Å². The van der Waals surface area contributed by atoms with Crippen molar-refractivity contribution in [1.82, 2.24) is 14.5 Å². The fourth-order valence-electron chi connectivity index (χ4n) is 3.14. The average Bonchev–Trinajstić information content (AvgIpc) is 3.02. The minimum Gasteiger partial charge on any atom is -0.481 e. The number of carbonyl (C=O) groups is 2. The molecule has 0 aliphatic carbocycles. The van der Waals surface area contributed by atoms with Gasteiger partial charge in [0.15, 0.2) is 18.1 Å². The Balaban J connectivity index is 2.14. The second-order valence-corrected chi connectivity index (χ2v) is 6.74. The average molecular weight is 450 g/mol. The number of alkyl halides is 3. The Morgan fingerprint density at radius 3 is 2.56 bits per heavy atom. The molecule has 0 spiro atoms. The molecule has 3 aromatic rings. The zero-order valence-electron chi connectivity index (χ0n) is 17.6. The van der Waals surface area contributed by atoms with Gasteiger partial charge in [0.1, 0.15) is 11.3 Å². The van der Waals surface area contributed by atoms with Gasteiger partial charge in [-0.15, -0.1) is 0 Å². The van der Waals surface area contributed by atoms with Gasteiger partial charge in [-0.25, -0.2) is 9.78 Å². The van der Waals surface area contributed by atoms with Crippen molar-refractivity contribution in [1.29, 1.82) is 0 Å². The number of rotatable bonds is 7. The number of amides is 1. The van der Waals surface area contributed by atoms with Gasteiger partial charge in [0.05, 0.1) is 23.4 Å². The number of nitrogens with zero attached hydrogens (tertiary/aromatic N) is 3. The molecular formula is C21H21F3N4O4. The molecule has 3 heterocycles. The molecule has 1 N–H and O–H groups in total. The molecule has 0 fully saturated rings. The van der Waals surface area contributed by atoms with Gasteiger partial charge in [0.25, 0.3) is 5.91 Å². The van der Waals surface area contributed by atoms with Crippen LogP contribution in [0.15, 0.2) is 30.5 Å². The highest BCUT2D eigenvalue weighted by atomic mass is 19.4. The van der Waals surface area contributed by atoms with E-state index in [0.717, 1.165) is 0 Å². The predicted molar refractivity (Wildman–Crippen MR) is 110 cm³/mol. The van der Waals surface area contributed by atoms with Crippen LogP contribution >= 0.6 is 0 Å². The SMILES string of the molecule is CCOC(=O)c1c(OCC(F)(F)F)c2cc(NC(=O)c3ccccn3)c(CC)nc2n1C. The zero-order valence-corrected chi connectivity index (χ0v) is 17.6. The lowest BCUT2D eigenvalue weighted by Crippen LogP contribution is -2.20. The van der Waals surface area contributed by atoms with Crippen molar-refractivity contribution in [3.63, 3.8) is 0 Å². The van der Waals surface area contributed by atoms with Crippen LogP contribution in [0.4, 0.5) is 18.9 Å². The lowest BCUT2D eigenvalue weighted by molar-refractivity contribution is -0.153. The Hall–Kier alpha value is -3.63. The van der Waals surface area contributed by atoms with E-state index < -0.39 is 24.7 Å². The largest absolute Gasteiger partial charge is 0.481 e. The summed E-state index contributed by atoms with van der Waals surface area (Å²) in [7, 11) is 1.48. The van der Waals surface area contributed by atoms with Gasteiger partial charge in [-0.05, 0) is 31.5 Å². The van der Waals surface area contributed by atoms with Crippen molar-refractivity contribution in [2.45, 2.75) is 26.4 Å². The third kappa shape index (κ3) is 4.82. The smallest absolute Gasteiger partial charge is 0.422 e. The quantitative estimate of drug-likeness (QED) is 0.549. The Labute approximate surface area is 181 Å². The van der Waals surface area contributed by atoms with Crippen LogP contribution < -0.4 is 10.1 Å². The number of esters is 1. The summed E-state index contributed by atoms with van der Waals surface area (Å²) in [5.74, 6) is -1.68. The Kier molecular flexibility index (Phi) is 6.66. The second-order valence-electron chi connectivity index (χ2n) is 6.74. The number of ether oxygens (including phenoxy) is 2. The summed E-state index contributed by atoms with van der Waals surface area (Å²) in [6.07, 6.45) is -2.75. The van der Waals surface area contributed by atoms with E-state index in [1.165, 1.54) is 29.9 Å². The van der Waals surface area contributed by atoms with Gasteiger partial charge >= 0.3 is 12.1 Å². The van der Waals surface area contributed by atoms with Crippen molar-refractivity contribution in [2.75, 3.05) is 18.5 Å². The van der Waals surface area contributed by atoms with Gasteiger partial charge in [-0.2, -0.15) is 13.2 Å². The maximum Gasteiger partial charge on any atom is 0.422 e. The first-order valence-electron chi connectivity index (χ1n) is 9.77. The van der Waals surface area contributed by atoms with E-state index in [1.807, 2.05) is 0 Å². The van der Waals surface area contributed by atoms with Crippen molar-refractivity contribution in [2.24, 2.45) is 7.05 Å². The number of aromatic nitrogens is 3. The standard InChI is InChI=1S/C21H21F3N4O4/c1-4-13-15(27-19(29)14-8-6-7-9-25-14)10-12-17(32-11-21(22,23)24)16(20(30)31-5-2)28(3)18(12)26-13/h6-10H,4-5,11H2,1-3H3,(H,27,29). The molecular weight excluding hydrogens is 429 g/mol. The molecule has 0 saturated heterocycles. The minimum absolute atomic E-state index is 0.0259. The fourth-order valence-corrected chi connectivity index (χ4v) is 3.14. The summed E-state index contributed by atoms with van der Waals surface area (Å²) >= 11 is 0. The van der Waals surface area contributed by atoms with Gasteiger partial charge in [-0.3, -0.25) is 9.78 Å². The number of fused-ring (bicyclic) bond motifs is 1. The summed E-state index contributed by atoms with van der Waals surface area (Å²) in [4.78, 5) is 33.5. The molecule has 0 aliphatic rings. The van der Waals surface area contributed by atoms with Crippen LogP contribution in [0.2, 0.25) is 0 Å². The van der Waals surface area contributed by atoms with Crippen molar-refractivity contribution < 1.29 is 32.2 Å². The number of hydrogen-bond donors (Lipinski definition) is 1. The van der Waals surface area contributed by atoms with Crippen LogP contribution in [0.3, 0.4) is 0 Å². The van der Waals surface area contributed by atoms with Crippen molar-refractivity contribution in [3.8, 4) is 5.75 Å². The first kappa shape index (κ1) is 23.0. The lowest BCUT2D eigenvalue weighted by atomic mass is 10.2. The normalized spacial score (nSPS) is 11.4. The van der Waals surface area contributed by atoms with E-state index in [1.54, 1.807) is 26.0 Å². The number of aryl methyl sites for hydroxylation is 2. The van der Waals surface area contributed by atoms with Crippen molar-refractivity contribution in [3.05, 3.63) is 47.5 Å². The number of hydrogen-bond acceptors (Lipinski definition) is 6. The number of nitrogens with one attached hydrogen (secondary N) is 1. The molecule has 0 aromatic carbocycles. The van der Waals surface area contributed by atoms with Gasteiger partial charge in [0.2, 0.25) is 0 Å². The second kappa shape index (κ2) is 9.25. The summed E-state index contributed by atoms with van der Waals surface area (Å²) in [5.41, 5.74) is 0.920. The highest BCUT2D eigenvalue weighted by Gasteiger charge is 2.32. The van der Waals surface area contributed by atoms with E-state index >= 15 is 0 Å². The van der Waals surface area contributed by atoms with Crippen LogP contribution in [0.25, 0.3) is 11.0 Å². The van der Waals surface area contributed by atoms with E-state index in [4.69, 9.17) is 9.47 Å². The highest BCUT2D eigenvalue weighted by Crippen LogP contribution is 2.36. The van der Waals surface area contributed by atoms with E-state index in [0.29, 0.717) is 12.1 Å². The molecule has 0 saturated carbocycles. The molecule has 0 bridgehead atoms. The third-order valence-electron chi connectivity index (χ3n) is 4.52. The van der Waals surface area contributed by atoms with E-state index in [2.05, 4.69) is 15.3 Å². The van der Waals surface area contributed by atoms with Crippen LogP contribution in [-0.4, -0.2) is 45.8 Å². The first-order valence-corrected chi connectivity index (χ1v) is 9.77. The summed E-state index contributed by atoms with van der Waals surface area (Å²) in [6, 6.07) is 6.27. The number of pyridine rings is 2. The van der Waals surface area contributed by atoms with Gasteiger partial charge in [-0.1, -0.05) is 13.0 Å². The first-order chi connectivity index (χ1) is 15.2. The lowest BCUT2D eigenvalue weighted by Gasteiger charge is -2.12. The molecule has 3 rings (SSSR count). The van der Waals surface area contributed by atoms with Crippen molar-refractivity contribution >= 4 is 28.6 Å². The molecule has 32 heavy (non-hydrogen) atoms. The van der Waals surface area contributed by atoms with Crippen LogP contribution in [0, 0.1) is 0 Å². The van der Waals surface area contributed by atoms with Gasteiger partial charge in [0, 0.05) is 13.2 Å². The van der Waals surface area contributed by atoms with E-state index in [9.17, 15) is 22.8 Å². The fraction of sp³-hybridized carbons (Fsp3) is 0.333. The highest BCUT2D eigenvalue weighted by molar-refractivity contribution is 6.06. The molecule has 0 atom stereocenters. The maximum absolute atomic E-state index is 12.9. The minimum atomic E-state index is -4.62. The Morgan fingerprint density at radius 1 is 1.22 bits per heavy atom. The number of anilines is 1. The molecule has 0 radical (unpaired) electrons. The summed E-state index contributed by atoms with van der Waals surface area (Å²) < 4.78 is 49.9. The summed E-state index contributed by atoms with van der Waals surface area (Å²) in [6.45, 7) is 1.80. The number of halogens is 3. The molecule has 8 nitrogen and oxygen atoms in total.